The Morgan fingerprint density at radius 2 is 2.25 bits per heavy atom. The summed E-state index contributed by atoms with van der Waals surface area (Å²) in [7, 11) is 0. The van der Waals surface area contributed by atoms with Gasteiger partial charge in [0.2, 0.25) is 0 Å². The van der Waals surface area contributed by atoms with Gasteiger partial charge < -0.3 is 5.11 Å². The Kier molecular flexibility index (Phi) is 4.09. The van der Waals surface area contributed by atoms with E-state index in [-0.39, 0.29) is 6.10 Å². The molecule has 0 radical (unpaired) electrons. The average Bonchev–Trinajstić information content (AvgIpc) is 2.58. The highest BCUT2D eigenvalue weighted by Gasteiger charge is 2.27. The molecule has 3 unspecified atom stereocenters. The summed E-state index contributed by atoms with van der Waals surface area (Å²) < 4.78 is 1.13. The van der Waals surface area contributed by atoms with E-state index < -0.39 is 0 Å². The maximum Gasteiger partial charge on any atom is 0.0910 e. The van der Waals surface area contributed by atoms with Crippen molar-refractivity contribution in [3.05, 3.63) is 20.3 Å². The smallest absolute Gasteiger partial charge is 0.0910 e. The number of halogens is 1. The molecule has 0 spiro atoms. The fraction of sp³-hybridized carbons (Fsp3) is 0.692. The summed E-state index contributed by atoms with van der Waals surface area (Å²) in [5.74, 6) is 1.24. The molecule has 0 saturated heterocycles. The Bertz CT molecular complexity index is 341. The third kappa shape index (κ3) is 2.69. The molecule has 1 aliphatic carbocycles. The lowest BCUT2D eigenvalue weighted by molar-refractivity contribution is 0.0742. The molecule has 1 aliphatic rings. The number of hydrogen-bond acceptors (Lipinski definition) is 2. The predicted molar refractivity (Wildman–Crippen MR) is 72.8 cm³/mol. The third-order valence-electron chi connectivity index (χ3n) is 3.59. The first-order valence-electron chi connectivity index (χ1n) is 6.02. The van der Waals surface area contributed by atoms with Crippen LogP contribution >= 0.6 is 27.3 Å². The minimum Gasteiger partial charge on any atom is -0.387 e. The lowest BCUT2D eigenvalue weighted by Gasteiger charge is -2.29. The van der Waals surface area contributed by atoms with Crippen molar-refractivity contribution in [1.82, 2.24) is 0 Å². The van der Waals surface area contributed by atoms with Crippen molar-refractivity contribution in [3.63, 3.8) is 0 Å². The first-order valence-corrected chi connectivity index (χ1v) is 7.62. The molecule has 1 aromatic heterocycles. The van der Waals surface area contributed by atoms with Crippen molar-refractivity contribution in [1.29, 1.82) is 0 Å². The van der Waals surface area contributed by atoms with E-state index in [4.69, 9.17) is 0 Å². The van der Waals surface area contributed by atoms with Gasteiger partial charge in [-0.05, 0) is 53.6 Å². The van der Waals surface area contributed by atoms with Crippen LogP contribution in [0.5, 0.6) is 0 Å². The van der Waals surface area contributed by atoms with Crippen LogP contribution in [0.3, 0.4) is 0 Å². The summed E-state index contributed by atoms with van der Waals surface area (Å²) >= 11 is 5.24. The summed E-state index contributed by atoms with van der Waals surface area (Å²) in [5, 5.41) is 10.4. The number of rotatable bonds is 2. The van der Waals surface area contributed by atoms with Gasteiger partial charge >= 0.3 is 0 Å². The summed E-state index contributed by atoms with van der Waals surface area (Å²) in [6.07, 6.45) is 4.71. The van der Waals surface area contributed by atoms with Gasteiger partial charge in [0, 0.05) is 14.2 Å². The van der Waals surface area contributed by atoms with Crippen molar-refractivity contribution >= 4 is 27.3 Å². The van der Waals surface area contributed by atoms with E-state index in [9.17, 15) is 5.11 Å². The van der Waals surface area contributed by atoms with Gasteiger partial charge in [-0.15, -0.1) is 11.3 Å². The fourth-order valence-corrected chi connectivity index (χ4v) is 4.27. The molecule has 1 aromatic rings. The minimum atomic E-state index is -0.252. The van der Waals surface area contributed by atoms with Crippen LogP contribution in [0.1, 0.15) is 48.5 Å². The van der Waals surface area contributed by atoms with Crippen LogP contribution in [0.2, 0.25) is 0 Å². The molecule has 90 valence electrons. The first-order chi connectivity index (χ1) is 7.58. The SMILES string of the molecule is Cc1sc(C(O)C2CCCC(C)C2)cc1Br. The van der Waals surface area contributed by atoms with Gasteiger partial charge in [0.1, 0.15) is 0 Å². The van der Waals surface area contributed by atoms with Crippen molar-refractivity contribution < 1.29 is 5.11 Å². The number of aliphatic hydroxyl groups excluding tert-OH is 1. The molecule has 1 fully saturated rings. The highest BCUT2D eigenvalue weighted by atomic mass is 79.9. The summed E-state index contributed by atoms with van der Waals surface area (Å²) in [5.41, 5.74) is 0. The molecule has 0 amide bonds. The Hall–Kier alpha value is 0.140. The molecule has 1 saturated carbocycles. The molecule has 1 nitrogen and oxygen atoms in total. The van der Waals surface area contributed by atoms with Gasteiger partial charge in [0.05, 0.1) is 6.10 Å². The normalized spacial score (nSPS) is 28.0. The van der Waals surface area contributed by atoms with Crippen molar-refractivity contribution in [3.8, 4) is 0 Å². The average molecular weight is 303 g/mol. The minimum absolute atomic E-state index is 0.252. The van der Waals surface area contributed by atoms with E-state index >= 15 is 0 Å². The van der Waals surface area contributed by atoms with E-state index in [1.807, 2.05) is 0 Å². The Morgan fingerprint density at radius 3 is 2.81 bits per heavy atom. The molecule has 3 heteroatoms. The standard InChI is InChI=1S/C13H19BrOS/c1-8-4-3-5-10(6-8)13(15)12-7-11(14)9(2)16-12/h7-8,10,13,15H,3-6H2,1-2H3. The molecular weight excluding hydrogens is 284 g/mol. The van der Waals surface area contributed by atoms with Gasteiger partial charge in [-0.2, -0.15) is 0 Å². The van der Waals surface area contributed by atoms with Gasteiger partial charge in [0.15, 0.2) is 0 Å². The zero-order valence-electron chi connectivity index (χ0n) is 9.87. The van der Waals surface area contributed by atoms with Gasteiger partial charge in [-0.1, -0.05) is 19.8 Å². The molecular formula is C13H19BrOS. The number of aryl methyl sites for hydroxylation is 1. The van der Waals surface area contributed by atoms with Gasteiger partial charge in [0.25, 0.3) is 0 Å². The van der Waals surface area contributed by atoms with Crippen molar-refractivity contribution in [2.75, 3.05) is 0 Å². The lowest BCUT2D eigenvalue weighted by Crippen LogP contribution is -2.19. The summed E-state index contributed by atoms with van der Waals surface area (Å²) in [4.78, 5) is 2.39. The zero-order chi connectivity index (χ0) is 11.7. The molecule has 16 heavy (non-hydrogen) atoms. The monoisotopic (exact) mass is 302 g/mol. The van der Waals surface area contributed by atoms with Crippen LogP contribution in [0, 0.1) is 18.8 Å². The van der Waals surface area contributed by atoms with E-state index in [0.717, 1.165) is 15.3 Å². The van der Waals surface area contributed by atoms with Crippen molar-refractivity contribution in [2.24, 2.45) is 11.8 Å². The molecule has 1 N–H and O–H groups in total. The Balaban J connectivity index is 2.08. The summed E-state index contributed by atoms with van der Waals surface area (Å²) in [6.45, 7) is 4.39. The van der Waals surface area contributed by atoms with Crippen LogP contribution in [-0.4, -0.2) is 5.11 Å². The maximum absolute atomic E-state index is 10.4. The quantitative estimate of drug-likeness (QED) is 0.841. The van der Waals surface area contributed by atoms with Crippen LogP contribution in [-0.2, 0) is 0 Å². The molecule has 3 atom stereocenters. The van der Waals surface area contributed by atoms with Gasteiger partial charge in [-0.25, -0.2) is 0 Å². The van der Waals surface area contributed by atoms with Crippen LogP contribution in [0.25, 0.3) is 0 Å². The molecule has 0 bridgehead atoms. The molecule has 2 rings (SSSR count). The van der Waals surface area contributed by atoms with Crippen LogP contribution in [0.4, 0.5) is 0 Å². The van der Waals surface area contributed by atoms with E-state index in [1.54, 1.807) is 11.3 Å². The molecule has 0 aromatic carbocycles. The predicted octanol–water partition coefficient (Wildman–Crippen LogP) is 4.68. The highest BCUT2D eigenvalue weighted by molar-refractivity contribution is 9.10. The van der Waals surface area contributed by atoms with E-state index in [2.05, 4.69) is 35.8 Å². The highest BCUT2D eigenvalue weighted by Crippen LogP contribution is 2.40. The largest absolute Gasteiger partial charge is 0.387 e. The van der Waals surface area contributed by atoms with E-state index in [0.29, 0.717) is 5.92 Å². The fourth-order valence-electron chi connectivity index (χ4n) is 2.63. The topological polar surface area (TPSA) is 20.2 Å². The first kappa shape index (κ1) is 12.6. The Morgan fingerprint density at radius 1 is 1.50 bits per heavy atom. The molecule has 0 aliphatic heterocycles. The Labute approximate surface area is 110 Å². The lowest BCUT2D eigenvalue weighted by atomic mass is 9.79. The number of aliphatic hydroxyl groups is 1. The molecule has 1 heterocycles. The van der Waals surface area contributed by atoms with Crippen LogP contribution in [0.15, 0.2) is 10.5 Å². The van der Waals surface area contributed by atoms with Gasteiger partial charge in [-0.3, -0.25) is 0 Å². The summed E-state index contributed by atoms with van der Waals surface area (Å²) in [6, 6.07) is 2.09. The number of hydrogen-bond donors (Lipinski definition) is 1. The second-order valence-electron chi connectivity index (χ2n) is 5.03. The second-order valence-corrected chi connectivity index (χ2v) is 7.17. The second kappa shape index (κ2) is 5.19. The maximum atomic E-state index is 10.4. The number of thiophene rings is 1. The zero-order valence-corrected chi connectivity index (χ0v) is 12.3. The van der Waals surface area contributed by atoms with Crippen LogP contribution < -0.4 is 0 Å². The third-order valence-corrected chi connectivity index (χ3v) is 5.80. The van der Waals surface area contributed by atoms with Crippen molar-refractivity contribution in [2.45, 2.75) is 45.6 Å². The van der Waals surface area contributed by atoms with E-state index in [1.165, 1.54) is 30.6 Å².